The molecule has 178 valence electrons. The lowest BCUT2D eigenvalue weighted by atomic mass is 9.94. The van der Waals surface area contributed by atoms with Gasteiger partial charge in [-0.25, -0.2) is 0 Å². The smallest absolute Gasteiger partial charge is 0.323 e. The molecule has 0 aliphatic rings. The average molecular weight is 430 g/mol. The van der Waals surface area contributed by atoms with Gasteiger partial charge in [-0.1, -0.05) is 58.3 Å². The fourth-order valence-corrected chi connectivity index (χ4v) is 3.50. The van der Waals surface area contributed by atoms with Crippen molar-refractivity contribution in [1.82, 2.24) is 5.32 Å². The van der Waals surface area contributed by atoms with E-state index < -0.39 is 5.60 Å². The number of hydrogen-bond acceptors (Lipinski definition) is 6. The zero-order valence-corrected chi connectivity index (χ0v) is 20.0. The summed E-state index contributed by atoms with van der Waals surface area (Å²) in [4.78, 5) is 23.6. The van der Waals surface area contributed by atoms with Gasteiger partial charge in [-0.3, -0.25) is 9.59 Å². The number of hydrogen-bond donors (Lipinski definition) is 2. The van der Waals surface area contributed by atoms with Gasteiger partial charge in [0, 0.05) is 6.42 Å². The predicted octanol–water partition coefficient (Wildman–Crippen LogP) is 4.91. The van der Waals surface area contributed by atoms with Crippen molar-refractivity contribution < 1.29 is 24.2 Å². The molecule has 2 unspecified atom stereocenters. The molecular formula is C24H47NO5. The van der Waals surface area contributed by atoms with Gasteiger partial charge in [-0.15, -0.1) is 0 Å². The van der Waals surface area contributed by atoms with Gasteiger partial charge in [-0.05, 0) is 53.0 Å². The summed E-state index contributed by atoms with van der Waals surface area (Å²) in [5.41, 5.74) is -0.703. The molecule has 0 aromatic heterocycles. The molecule has 2 atom stereocenters. The standard InChI is InChI=1S/C24H47NO5/c1-5-8-9-12-15-18-24(4,28)19-20-25-21(23(27)30-7-3)16-13-10-11-14-17-22(26)29-6-2/h21,25,28H,5-20H2,1-4H3. The zero-order chi connectivity index (χ0) is 22.7. The van der Waals surface area contributed by atoms with E-state index >= 15 is 0 Å². The van der Waals surface area contributed by atoms with Gasteiger partial charge in [0.25, 0.3) is 0 Å². The van der Waals surface area contributed by atoms with Crippen LogP contribution in [0.25, 0.3) is 0 Å². The summed E-state index contributed by atoms with van der Waals surface area (Å²) in [6, 6.07) is -0.338. The Morgan fingerprint density at radius 3 is 2.17 bits per heavy atom. The number of ether oxygens (including phenoxy) is 2. The van der Waals surface area contributed by atoms with E-state index in [1.807, 2.05) is 20.8 Å². The molecule has 0 bridgehead atoms. The van der Waals surface area contributed by atoms with E-state index in [0.29, 0.717) is 39.0 Å². The summed E-state index contributed by atoms with van der Waals surface area (Å²) >= 11 is 0. The largest absolute Gasteiger partial charge is 0.466 e. The number of nitrogens with one attached hydrogen (secondary N) is 1. The molecule has 0 rings (SSSR count). The molecule has 0 saturated heterocycles. The van der Waals surface area contributed by atoms with Crippen molar-refractivity contribution in [2.45, 2.75) is 123 Å². The molecule has 0 heterocycles. The summed E-state index contributed by atoms with van der Waals surface area (Å²) < 4.78 is 10.1. The second-order valence-electron chi connectivity index (χ2n) is 8.43. The van der Waals surface area contributed by atoms with Crippen LogP contribution < -0.4 is 5.32 Å². The van der Waals surface area contributed by atoms with Gasteiger partial charge in [-0.2, -0.15) is 0 Å². The topological polar surface area (TPSA) is 84.9 Å². The van der Waals surface area contributed by atoms with Crippen LogP contribution in [-0.4, -0.2) is 48.4 Å². The van der Waals surface area contributed by atoms with Crippen LogP contribution in [0.15, 0.2) is 0 Å². The second-order valence-corrected chi connectivity index (χ2v) is 8.43. The van der Waals surface area contributed by atoms with Gasteiger partial charge in [0.15, 0.2) is 0 Å². The maximum absolute atomic E-state index is 12.2. The van der Waals surface area contributed by atoms with Gasteiger partial charge >= 0.3 is 11.9 Å². The van der Waals surface area contributed by atoms with Crippen LogP contribution in [-0.2, 0) is 19.1 Å². The second kappa shape index (κ2) is 18.6. The van der Waals surface area contributed by atoms with E-state index in [2.05, 4.69) is 12.2 Å². The van der Waals surface area contributed by atoms with Crippen molar-refractivity contribution in [3.8, 4) is 0 Å². The third-order valence-corrected chi connectivity index (χ3v) is 5.37. The normalized spacial score (nSPS) is 14.2. The van der Waals surface area contributed by atoms with Crippen molar-refractivity contribution in [3.05, 3.63) is 0 Å². The third kappa shape index (κ3) is 16.6. The van der Waals surface area contributed by atoms with Crippen LogP contribution in [0.1, 0.15) is 111 Å². The molecule has 0 aromatic rings. The number of esters is 2. The maximum atomic E-state index is 12.2. The Bertz CT molecular complexity index is 439. The van der Waals surface area contributed by atoms with Crippen molar-refractivity contribution in [1.29, 1.82) is 0 Å². The number of rotatable bonds is 20. The van der Waals surface area contributed by atoms with Crippen LogP contribution in [0.2, 0.25) is 0 Å². The minimum absolute atomic E-state index is 0.138. The molecule has 0 aliphatic carbocycles. The first-order chi connectivity index (χ1) is 14.4. The van der Waals surface area contributed by atoms with Gasteiger partial charge < -0.3 is 19.9 Å². The Morgan fingerprint density at radius 1 is 0.867 bits per heavy atom. The number of unbranched alkanes of at least 4 members (excludes halogenated alkanes) is 7. The Labute approximate surface area is 184 Å². The SMILES string of the molecule is CCCCCCCC(C)(O)CCNC(CCCCCCC(=O)OCC)C(=O)OCC. The summed E-state index contributed by atoms with van der Waals surface area (Å²) in [7, 11) is 0. The maximum Gasteiger partial charge on any atom is 0.323 e. The highest BCUT2D eigenvalue weighted by Gasteiger charge is 2.23. The zero-order valence-electron chi connectivity index (χ0n) is 20.0. The van der Waals surface area contributed by atoms with E-state index in [9.17, 15) is 14.7 Å². The molecule has 6 heteroatoms. The Balaban J connectivity index is 4.15. The van der Waals surface area contributed by atoms with Crippen molar-refractivity contribution in [2.24, 2.45) is 0 Å². The highest BCUT2D eigenvalue weighted by atomic mass is 16.5. The molecule has 2 N–H and O–H groups in total. The quantitative estimate of drug-likeness (QED) is 0.211. The fraction of sp³-hybridized carbons (Fsp3) is 0.917. The van der Waals surface area contributed by atoms with Crippen LogP contribution >= 0.6 is 0 Å². The Hall–Kier alpha value is -1.14. The molecule has 0 radical (unpaired) electrons. The van der Waals surface area contributed by atoms with E-state index in [1.165, 1.54) is 25.7 Å². The van der Waals surface area contributed by atoms with E-state index in [-0.39, 0.29) is 18.0 Å². The lowest BCUT2D eigenvalue weighted by Gasteiger charge is -2.25. The number of carbonyl (C=O) groups excluding carboxylic acids is 2. The predicted molar refractivity (Wildman–Crippen MR) is 121 cm³/mol. The van der Waals surface area contributed by atoms with Crippen molar-refractivity contribution >= 4 is 11.9 Å². The van der Waals surface area contributed by atoms with Gasteiger partial charge in [0.2, 0.25) is 0 Å². The van der Waals surface area contributed by atoms with Crippen molar-refractivity contribution in [2.75, 3.05) is 19.8 Å². The Kier molecular flexibility index (Phi) is 17.9. The minimum Gasteiger partial charge on any atom is -0.466 e. The molecule has 0 spiro atoms. The minimum atomic E-state index is -0.703. The third-order valence-electron chi connectivity index (χ3n) is 5.37. The fourth-order valence-electron chi connectivity index (χ4n) is 3.50. The van der Waals surface area contributed by atoms with E-state index in [1.54, 1.807) is 0 Å². The molecule has 30 heavy (non-hydrogen) atoms. The Morgan fingerprint density at radius 2 is 1.50 bits per heavy atom. The van der Waals surface area contributed by atoms with Gasteiger partial charge in [0.1, 0.15) is 6.04 Å². The lowest BCUT2D eigenvalue weighted by molar-refractivity contribution is -0.146. The summed E-state index contributed by atoms with van der Waals surface area (Å²) in [6.45, 7) is 9.10. The summed E-state index contributed by atoms with van der Waals surface area (Å²) in [5.74, 6) is -0.357. The van der Waals surface area contributed by atoms with Crippen molar-refractivity contribution in [3.63, 3.8) is 0 Å². The molecule has 0 aromatic carbocycles. The lowest BCUT2D eigenvalue weighted by Crippen LogP contribution is -2.41. The summed E-state index contributed by atoms with van der Waals surface area (Å²) in [5, 5.41) is 13.9. The van der Waals surface area contributed by atoms with Crippen LogP contribution in [0.5, 0.6) is 0 Å². The highest BCUT2D eigenvalue weighted by Crippen LogP contribution is 2.19. The first-order valence-electron chi connectivity index (χ1n) is 12.1. The van der Waals surface area contributed by atoms with Gasteiger partial charge in [0.05, 0.1) is 18.8 Å². The average Bonchev–Trinajstić information content (AvgIpc) is 2.69. The molecule has 0 fully saturated rings. The monoisotopic (exact) mass is 429 g/mol. The summed E-state index contributed by atoms with van der Waals surface area (Å²) in [6.07, 6.45) is 12.1. The first kappa shape index (κ1) is 28.9. The molecular weight excluding hydrogens is 382 g/mol. The van der Waals surface area contributed by atoms with Crippen LogP contribution in [0.4, 0.5) is 0 Å². The molecule has 0 saturated carbocycles. The molecule has 0 amide bonds. The van der Waals surface area contributed by atoms with Crippen LogP contribution in [0.3, 0.4) is 0 Å². The number of aliphatic hydroxyl groups is 1. The highest BCUT2D eigenvalue weighted by molar-refractivity contribution is 5.75. The molecule has 6 nitrogen and oxygen atoms in total. The number of carbonyl (C=O) groups is 2. The molecule has 0 aliphatic heterocycles. The first-order valence-corrected chi connectivity index (χ1v) is 12.1. The van der Waals surface area contributed by atoms with E-state index in [0.717, 1.165) is 38.5 Å². The van der Waals surface area contributed by atoms with Crippen LogP contribution in [0, 0.1) is 0 Å². The van der Waals surface area contributed by atoms with E-state index in [4.69, 9.17) is 9.47 Å².